The number of nitrogens with zero attached hydrogens (tertiary/aromatic N) is 1. The Morgan fingerprint density at radius 2 is 2.30 bits per heavy atom. The molecule has 0 atom stereocenters. The summed E-state index contributed by atoms with van der Waals surface area (Å²) in [5, 5.41) is 0. The summed E-state index contributed by atoms with van der Waals surface area (Å²) in [5.41, 5.74) is 1.13. The lowest BCUT2D eigenvalue weighted by molar-refractivity contribution is -0.575. The molecule has 0 fully saturated rings. The minimum atomic E-state index is 0.965. The number of aromatic nitrogens is 2. The highest BCUT2D eigenvalue weighted by Crippen LogP contribution is 1.93. The highest BCUT2D eigenvalue weighted by atomic mass is 15.1. The molecule has 1 rings (SSSR count). The van der Waals surface area contributed by atoms with Gasteiger partial charge in [-0.05, 0) is 0 Å². The maximum atomic E-state index is 3.67. The summed E-state index contributed by atoms with van der Waals surface area (Å²) in [6.45, 7) is 9.33. The summed E-state index contributed by atoms with van der Waals surface area (Å²) in [7, 11) is 0. The van der Waals surface area contributed by atoms with Gasteiger partial charge in [-0.25, -0.2) is 9.55 Å². The van der Waals surface area contributed by atoms with Crippen LogP contribution in [0, 0.1) is 6.92 Å². The van der Waals surface area contributed by atoms with Crippen molar-refractivity contribution < 1.29 is 4.57 Å². The van der Waals surface area contributed by atoms with Gasteiger partial charge in [0, 0.05) is 13.0 Å². The van der Waals surface area contributed by atoms with E-state index < -0.39 is 0 Å². The van der Waals surface area contributed by atoms with Gasteiger partial charge >= 0.3 is 0 Å². The quantitative estimate of drug-likeness (QED) is 0.591. The van der Waals surface area contributed by atoms with E-state index in [0.717, 1.165) is 11.5 Å². The first kappa shape index (κ1) is 6.81. The Kier molecular flexibility index (Phi) is 1.71. The molecule has 52 valence electrons. The molecule has 0 saturated carbocycles. The molecule has 2 nitrogen and oxygen atoms in total. The van der Waals surface area contributed by atoms with Crippen molar-refractivity contribution in [3.63, 3.8) is 0 Å². The number of rotatable bonds is 2. The van der Waals surface area contributed by atoms with Crippen molar-refractivity contribution in [2.75, 3.05) is 0 Å². The van der Waals surface area contributed by atoms with Crippen LogP contribution in [0.4, 0.5) is 0 Å². The summed E-state index contributed by atoms with van der Waals surface area (Å²) < 4.78 is 1.94. The monoisotopic (exact) mass is 135 g/mol. The number of H-pyrrole nitrogens is 1. The Labute approximate surface area is 60.5 Å². The lowest BCUT2D eigenvalue weighted by atomic mass is 10.5. The number of aryl methyl sites for hydroxylation is 1. The van der Waals surface area contributed by atoms with Crippen LogP contribution >= 0.6 is 0 Å². The molecule has 0 aromatic carbocycles. The Morgan fingerprint density at radius 3 is 2.70 bits per heavy atom. The van der Waals surface area contributed by atoms with E-state index >= 15 is 0 Å². The predicted molar refractivity (Wildman–Crippen MR) is 42.2 cm³/mol. The van der Waals surface area contributed by atoms with Gasteiger partial charge in [0.05, 0.1) is 6.20 Å². The zero-order valence-electron chi connectivity index (χ0n) is 6.09. The molecule has 0 radical (unpaired) electrons. The standard InChI is InChI=1S/C8H10N2/c1-4-8-9-6-7(3)10(8)5-2/h4-6H,1-2H2,3H3/p+1. The van der Waals surface area contributed by atoms with Crippen molar-refractivity contribution in [1.29, 1.82) is 0 Å². The lowest BCUT2D eigenvalue weighted by Crippen LogP contribution is -2.29. The van der Waals surface area contributed by atoms with Gasteiger partial charge in [0.1, 0.15) is 11.9 Å². The third-order valence-corrected chi connectivity index (χ3v) is 1.44. The smallest absolute Gasteiger partial charge is 0.243 e. The van der Waals surface area contributed by atoms with Gasteiger partial charge in [-0.1, -0.05) is 13.2 Å². The summed E-state index contributed by atoms with van der Waals surface area (Å²) in [6.07, 6.45) is 5.43. The van der Waals surface area contributed by atoms with Crippen LogP contribution in [-0.4, -0.2) is 4.98 Å². The fourth-order valence-corrected chi connectivity index (χ4v) is 0.907. The third-order valence-electron chi connectivity index (χ3n) is 1.44. The number of aromatic amines is 1. The van der Waals surface area contributed by atoms with Crippen molar-refractivity contribution in [2.45, 2.75) is 6.92 Å². The third kappa shape index (κ3) is 0.880. The largest absolute Gasteiger partial charge is 0.283 e. The van der Waals surface area contributed by atoms with Gasteiger partial charge in [0.25, 0.3) is 5.82 Å². The molecule has 0 unspecified atom stereocenters. The summed E-state index contributed by atoms with van der Waals surface area (Å²) in [6, 6.07) is 0. The zero-order valence-corrected chi connectivity index (χ0v) is 6.09. The average Bonchev–Trinajstić information content (AvgIpc) is 2.30. The van der Waals surface area contributed by atoms with E-state index in [9.17, 15) is 0 Å². The molecule has 0 aliphatic rings. The average molecular weight is 135 g/mol. The van der Waals surface area contributed by atoms with Gasteiger partial charge in [-0.15, -0.1) is 0 Å². The van der Waals surface area contributed by atoms with E-state index in [0.29, 0.717) is 0 Å². The van der Waals surface area contributed by atoms with Crippen LogP contribution in [0.1, 0.15) is 11.5 Å². The Balaban J connectivity index is 3.25. The van der Waals surface area contributed by atoms with Crippen LogP contribution in [0.3, 0.4) is 0 Å². The molecular formula is C8H11N2+. The maximum Gasteiger partial charge on any atom is 0.283 e. The van der Waals surface area contributed by atoms with E-state index in [2.05, 4.69) is 18.1 Å². The molecule has 0 aliphatic carbocycles. The van der Waals surface area contributed by atoms with E-state index in [1.165, 1.54) is 0 Å². The molecule has 1 aromatic heterocycles. The molecule has 1 heterocycles. The molecule has 2 heteroatoms. The molecule has 1 aromatic rings. The molecule has 1 N–H and O–H groups in total. The SMILES string of the molecule is C=Cc1[nH]cc(C)[n+]1C=C. The Hall–Kier alpha value is -1.31. The van der Waals surface area contributed by atoms with Crippen LogP contribution in [0.15, 0.2) is 19.4 Å². The molecule has 0 bridgehead atoms. The van der Waals surface area contributed by atoms with Crippen LogP contribution < -0.4 is 4.57 Å². The maximum absolute atomic E-state index is 3.67. The number of imidazole rings is 1. The van der Waals surface area contributed by atoms with Crippen molar-refractivity contribution >= 4 is 12.3 Å². The van der Waals surface area contributed by atoms with Gasteiger partial charge in [-0.3, -0.25) is 0 Å². The number of hydrogen-bond donors (Lipinski definition) is 1. The normalized spacial score (nSPS) is 9.30. The van der Waals surface area contributed by atoms with E-state index in [-0.39, 0.29) is 0 Å². The van der Waals surface area contributed by atoms with Crippen LogP contribution in [0.5, 0.6) is 0 Å². The Bertz CT molecular complexity index is 258. The fraction of sp³-hybridized carbons (Fsp3) is 0.125. The van der Waals surface area contributed by atoms with E-state index in [4.69, 9.17) is 0 Å². The van der Waals surface area contributed by atoms with Crippen molar-refractivity contribution in [1.82, 2.24) is 4.98 Å². The summed E-state index contributed by atoms with van der Waals surface area (Å²) >= 11 is 0. The first-order chi connectivity index (χ1) is 4.79. The number of nitrogens with one attached hydrogen (secondary N) is 1. The Morgan fingerprint density at radius 1 is 1.60 bits per heavy atom. The fourth-order valence-electron chi connectivity index (χ4n) is 0.907. The second kappa shape index (κ2) is 2.52. The molecule has 0 saturated heterocycles. The van der Waals surface area contributed by atoms with Crippen LogP contribution in [0.25, 0.3) is 12.3 Å². The molecular weight excluding hydrogens is 124 g/mol. The summed E-state index contributed by atoms with van der Waals surface area (Å²) in [5.74, 6) is 0.965. The van der Waals surface area contributed by atoms with Crippen LogP contribution in [-0.2, 0) is 0 Å². The lowest BCUT2D eigenvalue weighted by Gasteiger charge is -1.87. The first-order valence-electron chi connectivity index (χ1n) is 3.14. The van der Waals surface area contributed by atoms with Gasteiger partial charge < -0.3 is 0 Å². The van der Waals surface area contributed by atoms with Crippen molar-refractivity contribution in [3.05, 3.63) is 30.9 Å². The minimum absolute atomic E-state index is 0.965. The number of hydrogen-bond acceptors (Lipinski definition) is 0. The van der Waals surface area contributed by atoms with E-state index in [1.807, 2.05) is 17.7 Å². The van der Waals surface area contributed by atoms with Gasteiger partial charge in [0.15, 0.2) is 0 Å². The van der Waals surface area contributed by atoms with Gasteiger partial charge in [-0.2, -0.15) is 0 Å². The molecule has 10 heavy (non-hydrogen) atoms. The predicted octanol–water partition coefficient (Wildman–Crippen LogP) is 1.35. The van der Waals surface area contributed by atoms with Gasteiger partial charge in [0.2, 0.25) is 0 Å². The topological polar surface area (TPSA) is 19.7 Å². The minimum Gasteiger partial charge on any atom is -0.243 e. The highest BCUT2D eigenvalue weighted by molar-refractivity contribution is 5.33. The molecule has 0 amide bonds. The molecule has 0 aliphatic heterocycles. The van der Waals surface area contributed by atoms with Crippen LogP contribution in [0.2, 0.25) is 0 Å². The highest BCUT2D eigenvalue weighted by Gasteiger charge is 2.06. The second-order valence-electron chi connectivity index (χ2n) is 2.07. The second-order valence-corrected chi connectivity index (χ2v) is 2.07. The summed E-state index contributed by atoms with van der Waals surface area (Å²) in [4.78, 5) is 3.05. The first-order valence-corrected chi connectivity index (χ1v) is 3.14. The van der Waals surface area contributed by atoms with Crippen molar-refractivity contribution in [2.24, 2.45) is 0 Å². The molecule has 0 spiro atoms. The van der Waals surface area contributed by atoms with Crippen molar-refractivity contribution in [3.8, 4) is 0 Å². The zero-order chi connectivity index (χ0) is 7.56. The van der Waals surface area contributed by atoms with E-state index in [1.54, 1.807) is 12.3 Å².